The molecule has 4 nitrogen and oxygen atoms in total. The summed E-state index contributed by atoms with van der Waals surface area (Å²) >= 11 is 0. The minimum atomic E-state index is -0.432. The molecule has 3 unspecified atom stereocenters. The third kappa shape index (κ3) is 5.05. The van der Waals surface area contributed by atoms with Crippen LogP contribution < -0.4 is 5.32 Å². The number of piperidine rings is 1. The van der Waals surface area contributed by atoms with Crippen molar-refractivity contribution in [2.45, 2.75) is 70.6 Å². The molecule has 4 heteroatoms. The predicted molar refractivity (Wildman–Crippen MR) is 84.7 cm³/mol. The number of hydrogen-bond acceptors (Lipinski definition) is 4. The van der Waals surface area contributed by atoms with Crippen molar-refractivity contribution in [2.75, 3.05) is 27.2 Å². The lowest BCUT2D eigenvalue weighted by Crippen LogP contribution is -2.53. The Balaban J connectivity index is 2.60. The fourth-order valence-electron chi connectivity index (χ4n) is 3.30. The summed E-state index contributed by atoms with van der Waals surface area (Å²) in [5.74, 6) is 0. The van der Waals surface area contributed by atoms with Crippen LogP contribution in [-0.2, 0) is 0 Å². The van der Waals surface area contributed by atoms with Crippen LogP contribution in [0, 0.1) is 11.3 Å². The van der Waals surface area contributed by atoms with Gasteiger partial charge in [0.1, 0.15) is 5.54 Å². The lowest BCUT2D eigenvalue weighted by Gasteiger charge is -2.41. The van der Waals surface area contributed by atoms with Crippen molar-refractivity contribution in [3.8, 4) is 6.07 Å². The molecular formula is C16H32N4. The van der Waals surface area contributed by atoms with Crippen LogP contribution in [0.1, 0.15) is 47.0 Å². The third-order valence-corrected chi connectivity index (χ3v) is 4.34. The third-order valence-electron chi connectivity index (χ3n) is 4.34. The zero-order valence-electron chi connectivity index (χ0n) is 14.1. The standard InChI is InChI=1S/C16H32N4/c1-13(2)18-16(4,12-17)10-14(3)20-9-7-8-15(11-20)19(5)6/h13-15,18H,7-11H2,1-6H3. The van der Waals surface area contributed by atoms with Crippen LogP contribution in [0.4, 0.5) is 0 Å². The summed E-state index contributed by atoms with van der Waals surface area (Å²) in [6.45, 7) is 10.8. The molecule has 3 atom stereocenters. The fraction of sp³-hybridized carbons (Fsp3) is 0.938. The molecule has 0 amide bonds. The van der Waals surface area contributed by atoms with Crippen molar-refractivity contribution in [2.24, 2.45) is 0 Å². The first kappa shape index (κ1) is 17.4. The van der Waals surface area contributed by atoms with Gasteiger partial charge >= 0.3 is 0 Å². The van der Waals surface area contributed by atoms with Crippen LogP contribution >= 0.6 is 0 Å². The zero-order chi connectivity index (χ0) is 15.3. The van der Waals surface area contributed by atoms with Crippen LogP contribution in [0.25, 0.3) is 0 Å². The molecule has 1 saturated heterocycles. The van der Waals surface area contributed by atoms with E-state index in [1.54, 1.807) is 0 Å². The topological polar surface area (TPSA) is 42.3 Å². The van der Waals surface area contributed by atoms with E-state index in [9.17, 15) is 5.26 Å². The highest BCUT2D eigenvalue weighted by atomic mass is 15.2. The maximum Gasteiger partial charge on any atom is 0.105 e. The number of nitrogens with one attached hydrogen (secondary N) is 1. The molecule has 1 aliphatic rings. The van der Waals surface area contributed by atoms with Gasteiger partial charge in [0.05, 0.1) is 6.07 Å². The van der Waals surface area contributed by atoms with E-state index < -0.39 is 5.54 Å². The second-order valence-electron chi connectivity index (χ2n) is 7.05. The van der Waals surface area contributed by atoms with Crippen molar-refractivity contribution >= 4 is 0 Å². The Bertz CT molecular complexity index is 334. The summed E-state index contributed by atoms with van der Waals surface area (Å²) in [5.41, 5.74) is -0.432. The van der Waals surface area contributed by atoms with Crippen LogP contribution in [0.5, 0.6) is 0 Å². The van der Waals surface area contributed by atoms with Crippen LogP contribution in [0.2, 0.25) is 0 Å². The summed E-state index contributed by atoms with van der Waals surface area (Å²) < 4.78 is 0. The Morgan fingerprint density at radius 2 is 2.05 bits per heavy atom. The molecule has 0 saturated carbocycles. The quantitative estimate of drug-likeness (QED) is 0.809. The zero-order valence-corrected chi connectivity index (χ0v) is 14.1. The van der Waals surface area contributed by atoms with E-state index in [0.717, 1.165) is 19.5 Å². The number of likely N-dealkylation sites (N-methyl/N-ethyl adjacent to an activating group) is 1. The molecule has 0 aromatic heterocycles. The van der Waals surface area contributed by atoms with Gasteiger partial charge in [-0.05, 0) is 67.6 Å². The van der Waals surface area contributed by atoms with E-state index in [1.807, 2.05) is 6.92 Å². The highest BCUT2D eigenvalue weighted by Gasteiger charge is 2.31. The fourth-order valence-corrected chi connectivity index (χ4v) is 3.30. The highest BCUT2D eigenvalue weighted by molar-refractivity contribution is 5.06. The minimum Gasteiger partial charge on any atom is -0.305 e. The van der Waals surface area contributed by atoms with E-state index in [1.165, 1.54) is 12.8 Å². The molecule has 20 heavy (non-hydrogen) atoms. The Labute approximate surface area is 125 Å². The Hall–Kier alpha value is -0.630. The van der Waals surface area contributed by atoms with Gasteiger partial charge < -0.3 is 4.90 Å². The second-order valence-corrected chi connectivity index (χ2v) is 7.05. The van der Waals surface area contributed by atoms with E-state index in [4.69, 9.17) is 0 Å². The normalized spacial score (nSPS) is 25.4. The summed E-state index contributed by atoms with van der Waals surface area (Å²) in [7, 11) is 4.33. The van der Waals surface area contributed by atoms with Gasteiger partial charge in [-0.25, -0.2) is 0 Å². The lowest BCUT2D eigenvalue weighted by molar-refractivity contribution is 0.0896. The van der Waals surface area contributed by atoms with Gasteiger partial charge in [0.15, 0.2) is 0 Å². The maximum absolute atomic E-state index is 9.48. The van der Waals surface area contributed by atoms with Crippen LogP contribution in [0.3, 0.4) is 0 Å². The van der Waals surface area contributed by atoms with E-state index in [2.05, 4.69) is 56.1 Å². The molecule has 1 fully saturated rings. The summed E-state index contributed by atoms with van der Waals surface area (Å²) in [5, 5.41) is 12.9. The van der Waals surface area contributed by atoms with Crippen molar-refractivity contribution in [1.29, 1.82) is 5.26 Å². The van der Waals surface area contributed by atoms with E-state index >= 15 is 0 Å². The average Bonchev–Trinajstić information content (AvgIpc) is 2.37. The van der Waals surface area contributed by atoms with Gasteiger partial charge in [-0.15, -0.1) is 0 Å². The molecule has 0 aromatic rings. The average molecular weight is 280 g/mol. The smallest absolute Gasteiger partial charge is 0.105 e. The Kier molecular flexibility index (Phi) is 6.44. The predicted octanol–water partition coefficient (Wildman–Crippen LogP) is 2.07. The molecule has 0 radical (unpaired) electrons. The first-order chi connectivity index (χ1) is 9.27. The summed E-state index contributed by atoms with van der Waals surface area (Å²) in [6.07, 6.45) is 3.42. The van der Waals surface area contributed by atoms with E-state index in [-0.39, 0.29) is 0 Å². The number of nitriles is 1. The number of nitrogens with zero attached hydrogens (tertiary/aromatic N) is 3. The van der Waals surface area contributed by atoms with Crippen molar-refractivity contribution in [1.82, 2.24) is 15.1 Å². The Morgan fingerprint density at radius 3 is 2.55 bits per heavy atom. The first-order valence-electron chi connectivity index (χ1n) is 7.87. The minimum absolute atomic E-state index is 0.336. The molecule has 1 N–H and O–H groups in total. The molecular weight excluding hydrogens is 248 g/mol. The largest absolute Gasteiger partial charge is 0.305 e. The lowest BCUT2D eigenvalue weighted by atomic mass is 9.92. The van der Waals surface area contributed by atoms with Crippen molar-refractivity contribution in [3.63, 3.8) is 0 Å². The van der Waals surface area contributed by atoms with Crippen LogP contribution in [0.15, 0.2) is 0 Å². The van der Waals surface area contributed by atoms with Gasteiger partial charge in [0.25, 0.3) is 0 Å². The molecule has 0 aromatic carbocycles. The van der Waals surface area contributed by atoms with E-state index in [0.29, 0.717) is 18.1 Å². The second kappa shape index (κ2) is 7.40. The molecule has 0 aliphatic carbocycles. The van der Waals surface area contributed by atoms with Gasteiger partial charge in [0.2, 0.25) is 0 Å². The SMILES string of the molecule is CC(C)NC(C)(C#N)CC(C)N1CCCC(N(C)C)C1. The number of rotatable bonds is 6. The van der Waals surface area contributed by atoms with Gasteiger partial charge in [-0.2, -0.15) is 5.26 Å². The van der Waals surface area contributed by atoms with Crippen molar-refractivity contribution < 1.29 is 0 Å². The van der Waals surface area contributed by atoms with Gasteiger partial charge in [-0.3, -0.25) is 10.2 Å². The molecule has 0 spiro atoms. The van der Waals surface area contributed by atoms with Crippen LogP contribution in [-0.4, -0.2) is 60.6 Å². The molecule has 1 aliphatic heterocycles. The highest BCUT2D eigenvalue weighted by Crippen LogP contribution is 2.21. The van der Waals surface area contributed by atoms with Gasteiger partial charge in [-0.1, -0.05) is 0 Å². The van der Waals surface area contributed by atoms with Crippen molar-refractivity contribution in [3.05, 3.63) is 0 Å². The Morgan fingerprint density at radius 1 is 1.40 bits per heavy atom. The molecule has 116 valence electrons. The first-order valence-corrected chi connectivity index (χ1v) is 7.87. The monoisotopic (exact) mass is 280 g/mol. The summed E-state index contributed by atoms with van der Waals surface area (Å²) in [4.78, 5) is 4.88. The number of likely N-dealkylation sites (tertiary alicyclic amines) is 1. The summed E-state index contributed by atoms with van der Waals surface area (Å²) in [6, 6.07) is 3.89. The molecule has 1 heterocycles. The van der Waals surface area contributed by atoms with Gasteiger partial charge in [0, 0.05) is 24.7 Å². The maximum atomic E-state index is 9.48. The molecule has 0 bridgehead atoms. The number of hydrogen-bond donors (Lipinski definition) is 1. The molecule has 1 rings (SSSR count).